The SMILES string of the molecule is CC(=O)Oc1ccccc1/C=C/c1cc(Cl)ccc1Br. The predicted molar refractivity (Wildman–Crippen MR) is 85.8 cm³/mol. The second-order valence-corrected chi connectivity index (χ2v) is 5.42. The van der Waals surface area contributed by atoms with Crippen molar-refractivity contribution >= 4 is 45.7 Å². The van der Waals surface area contributed by atoms with E-state index in [1.54, 1.807) is 6.07 Å². The smallest absolute Gasteiger partial charge is 0.308 e. The first-order valence-corrected chi connectivity index (χ1v) is 7.14. The van der Waals surface area contributed by atoms with Crippen molar-refractivity contribution in [3.8, 4) is 5.75 Å². The van der Waals surface area contributed by atoms with Crippen molar-refractivity contribution in [1.82, 2.24) is 0 Å². The summed E-state index contributed by atoms with van der Waals surface area (Å²) in [6, 6.07) is 12.9. The lowest BCUT2D eigenvalue weighted by Crippen LogP contribution is -2.02. The Bertz CT molecular complexity index is 665. The zero-order valence-electron chi connectivity index (χ0n) is 10.8. The molecule has 102 valence electrons. The molecule has 0 amide bonds. The summed E-state index contributed by atoms with van der Waals surface area (Å²) in [6.07, 6.45) is 3.80. The van der Waals surface area contributed by atoms with Gasteiger partial charge in [0.2, 0.25) is 0 Å². The van der Waals surface area contributed by atoms with E-state index in [4.69, 9.17) is 16.3 Å². The summed E-state index contributed by atoms with van der Waals surface area (Å²) in [5.74, 6) is 0.198. The third-order valence-corrected chi connectivity index (χ3v) is 3.53. The van der Waals surface area contributed by atoms with E-state index in [1.165, 1.54) is 6.92 Å². The standard InChI is InChI=1S/C16H12BrClO2/c1-11(19)20-16-5-3-2-4-12(16)6-7-13-10-14(18)8-9-15(13)17/h2-10H,1H3/b7-6+. The lowest BCUT2D eigenvalue weighted by molar-refractivity contribution is -0.131. The molecule has 0 aliphatic rings. The second-order valence-electron chi connectivity index (χ2n) is 4.13. The van der Waals surface area contributed by atoms with Crippen LogP contribution >= 0.6 is 27.5 Å². The molecule has 0 unspecified atom stereocenters. The highest BCUT2D eigenvalue weighted by Crippen LogP contribution is 2.25. The zero-order valence-corrected chi connectivity index (χ0v) is 13.1. The van der Waals surface area contributed by atoms with Gasteiger partial charge in [-0.25, -0.2) is 0 Å². The molecular weight excluding hydrogens is 340 g/mol. The van der Waals surface area contributed by atoms with Crippen LogP contribution in [0.5, 0.6) is 5.75 Å². The molecule has 0 aromatic heterocycles. The molecule has 2 rings (SSSR count). The topological polar surface area (TPSA) is 26.3 Å². The van der Waals surface area contributed by atoms with Crippen LogP contribution < -0.4 is 4.74 Å². The van der Waals surface area contributed by atoms with Gasteiger partial charge in [-0.05, 0) is 29.8 Å². The van der Waals surface area contributed by atoms with Crippen molar-refractivity contribution in [2.75, 3.05) is 0 Å². The van der Waals surface area contributed by atoms with E-state index in [0.29, 0.717) is 10.8 Å². The van der Waals surface area contributed by atoms with E-state index in [9.17, 15) is 4.79 Å². The van der Waals surface area contributed by atoms with Crippen LogP contribution in [0.4, 0.5) is 0 Å². The number of ether oxygens (including phenoxy) is 1. The Morgan fingerprint density at radius 1 is 1.15 bits per heavy atom. The van der Waals surface area contributed by atoms with Gasteiger partial charge in [0.15, 0.2) is 0 Å². The molecular formula is C16H12BrClO2. The van der Waals surface area contributed by atoms with E-state index in [2.05, 4.69) is 15.9 Å². The molecule has 0 bridgehead atoms. The van der Waals surface area contributed by atoms with Gasteiger partial charge in [-0.3, -0.25) is 4.79 Å². The minimum atomic E-state index is -0.338. The van der Waals surface area contributed by atoms with Crippen LogP contribution in [0.2, 0.25) is 5.02 Å². The van der Waals surface area contributed by atoms with Crippen molar-refractivity contribution in [2.24, 2.45) is 0 Å². The number of rotatable bonds is 3. The summed E-state index contributed by atoms with van der Waals surface area (Å²) in [6.45, 7) is 1.38. The summed E-state index contributed by atoms with van der Waals surface area (Å²) < 4.78 is 6.11. The molecule has 0 saturated carbocycles. The summed E-state index contributed by atoms with van der Waals surface area (Å²) in [5, 5.41) is 0.668. The molecule has 0 aliphatic carbocycles. The molecule has 0 saturated heterocycles. The Morgan fingerprint density at radius 2 is 1.85 bits per heavy atom. The third kappa shape index (κ3) is 3.95. The maximum Gasteiger partial charge on any atom is 0.308 e. The van der Waals surface area contributed by atoms with Gasteiger partial charge in [0.05, 0.1) is 0 Å². The lowest BCUT2D eigenvalue weighted by atomic mass is 10.1. The van der Waals surface area contributed by atoms with Gasteiger partial charge in [0.25, 0.3) is 0 Å². The summed E-state index contributed by atoms with van der Waals surface area (Å²) in [7, 11) is 0. The molecule has 0 aliphatic heterocycles. The highest BCUT2D eigenvalue weighted by Gasteiger charge is 2.03. The predicted octanol–water partition coefficient (Wildman–Crippen LogP) is 5.20. The van der Waals surface area contributed by atoms with Gasteiger partial charge in [-0.15, -0.1) is 0 Å². The van der Waals surface area contributed by atoms with Gasteiger partial charge >= 0.3 is 5.97 Å². The highest BCUT2D eigenvalue weighted by atomic mass is 79.9. The molecule has 0 heterocycles. The van der Waals surface area contributed by atoms with Crippen molar-refractivity contribution in [2.45, 2.75) is 6.92 Å². The van der Waals surface area contributed by atoms with Gasteiger partial charge in [0, 0.05) is 22.0 Å². The number of carbonyl (C=O) groups excluding carboxylic acids is 1. The first-order valence-electron chi connectivity index (χ1n) is 5.97. The fraction of sp³-hybridized carbons (Fsp3) is 0.0625. The van der Waals surface area contributed by atoms with E-state index in [-0.39, 0.29) is 5.97 Å². The van der Waals surface area contributed by atoms with Gasteiger partial charge in [0.1, 0.15) is 5.75 Å². The van der Waals surface area contributed by atoms with Crippen LogP contribution in [-0.4, -0.2) is 5.97 Å². The maximum absolute atomic E-state index is 11.1. The molecule has 4 heteroatoms. The van der Waals surface area contributed by atoms with Crippen molar-refractivity contribution in [3.63, 3.8) is 0 Å². The molecule has 0 spiro atoms. The first-order chi connectivity index (χ1) is 9.56. The molecule has 0 radical (unpaired) electrons. The summed E-state index contributed by atoms with van der Waals surface area (Å²) in [5.41, 5.74) is 1.78. The van der Waals surface area contributed by atoms with Crippen LogP contribution in [0.25, 0.3) is 12.2 Å². The number of para-hydroxylation sites is 1. The molecule has 2 aromatic carbocycles. The summed E-state index contributed by atoms with van der Waals surface area (Å²) in [4.78, 5) is 11.1. The number of hydrogen-bond donors (Lipinski definition) is 0. The minimum absolute atomic E-state index is 0.338. The molecule has 0 fully saturated rings. The quantitative estimate of drug-likeness (QED) is 0.432. The number of carbonyl (C=O) groups is 1. The van der Waals surface area contributed by atoms with Gasteiger partial charge < -0.3 is 4.74 Å². The van der Waals surface area contributed by atoms with E-state index in [1.807, 2.05) is 48.6 Å². The fourth-order valence-electron chi connectivity index (χ4n) is 1.69. The van der Waals surface area contributed by atoms with Gasteiger partial charge in [-0.2, -0.15) is 0 Å². The fourth-order valence-corrected chi connectivity index (χ4v) is 2.25. The Morgan fingerprint density at radius 3 is 2.60 bits per heavy atom. The first kappa shape index (κ1) is 14.8. The normalized spacial score (nSPS) is 10.8. The molecule has 2 nitrogen and oxygen atoms in total. The second kappa shape index (κ2) is 6.73. The van der Waals surface area contributed by atoms with Crippen molar-refractivity contribution in [1.29, 1.82) is 0 Å². The molecule has 0 N–H and O–H groups in total. The average molecular weight is 352 g/mol. The number of benzene rings is 2. The zero-order chi connectivity index (χ0) is 14.5. The summed E-state index contributed by atoms with van der Waals surface area (Å²) >= 11 is 9.44. The van der Waals surface area contributed by atoms with Crippen LogP contribution in [-0.2, 0) is 4.79 Å². The Kier molecular flexibility index (Phi) is 4.99. The average Bonchev–Trinajstić information content (AvgIpc) is 2.41. The number of halogens is 2. The monoisotopic (exact) mass is 350 g/mol. The number of esters is 1. The minimum Gasteiger partial charge on any atom is -0.426 e. The molecule has 20 heavy (non-hydrogen) atoms. The third-order valence-electron chi connectivity index (χ3n) is 2.57. The van der Waals surface area contributed by atoms with Crippen LogP contribution in [0.1, 0.15) is 18.1 Å². The lowest BCUT2D eigenvalue weighted by Gasteiger charge is -2.05. The Hall–Kier alpha value is -1.58. The molecule has 2 aromatic rings. The maximum atomic E-state index is 11.1. The molecule has 0 atom stereocenters. The van der Waals surface area contributed by atoms with Crippen LogP contribution in [0, 0.1) is 0 Å². The van der Waals surface area contributed by atoms with Crippen LogP contribution in [0.3, 0.4) is 0 Å². The highest BCUT2D eigenvalue weighted by molar-refractivity contribution is 9.10. The van der Waals surface area contributed by atoms with Crippen molar-refractivity contribution in [3.05, 3.63) is 63.1 Å². The largest absolute Gasteiger partial charge is 0.426 e. The van der Waals surface area contributed by atoms with Gasteiger partial charge in [-0.1, -0.05) is 57.9 Å². The van der Waals surface area contributed by atoms with Crippen molar-refractivity contribution < 1.29 is 9.53 Å². The Balaban J connectivity index is 2.31. The van der Waals surface area contributed by atoms with E-state index >= 15 is 0 Å². The van der Waals surface area contributed by atoms with Crippen LogP contribution in [0.15, 0.2) is 46.9 Å². The number of hydrogen-bond acceptors (Lipinski definition) is 2. The van der Waals surface area contributed by atoms with E-state index < -0.39 is 0 Å². The Labute approximate surface area is 131 Å². The van der Waals surface area contributed by atoms with E-state index in [0.717, 1.165) is 15.6 Å².